The van der Waals surface area contributed by atoms with Crippen molar-refractivity contribution >= 4 is 54.8 Å². The quantitative estimate of drug-likeness (QED) is 0.168. The monoisotopic (exact) mass is 757 g/mol. The number of furan rings is 1. The second-order valence-corrected chi connectivity index (χ2v) is 14.7. The van der Waals surface area contributed by atoms with Crippen molar-refractivity contribution in [3.05, 3.63) is 188 Å². The molecule has 0 N–H and O–H groups in total. The molecule has 0 spiro atoms. The number of benzene rings is 8. The van der Waals surface area contributed by atoms with E-state index in [1.54, 1.807) is 0 Å². The Labute approximate surface area is 337 Å². The van der Waals surface area contributed by atoms with Gasteiger partial charge in [0.2, 0.25) is 5.89 Å². The zero-order chi connectivity index (χ0) is 38.9. The van der Waals surface area contributed by atoms with Gasteiger partial charge in [-0.05, 0) is 83.9 Å². The van der Waals surface area contributed by atoms with Gasteiger partial charge in [0.05, 0.1) is 16.6 Å². The van der Waals surface area contributed by atoms with Crippen LogP contribution in [-0.4, -0.2) is 24.5 Å². The maximum absolute atomic E-state index is 6.49. The normalized spacial score (nSPS) is 11.7. The molecule has 0 fully saturated rings. The van der Waals surface area contributed by atoms with Gasteiger partial charge in [-0.15, -0.1) is 0 Å². The Balaban J connectivity index is 1.06. The molecule has 12 rings (SSSR count). The first-order chi connectivity index (χ1) is 29.2. The van der Waals surface area contributed by atoms with Crippen molar-refractivity contribution in [1.29, 1.82) is 0 Å². The van der Waals surface area contributed by atoms with Crippen LogP contribution in [0.2, 0.25) is 0 Å². The zero-order valence-electron chi connectivity index (χ0n) is 31.5. The molecule has 0 saturated carbocycles. The van der Waals surface area contributed by atoms with Crippen LogP contribution in [0.4, 0.5) is 0 Å². The molecule has 0 radical (unpaired) electrons. The van der Waals surface area contributed by atoms with Gasteiger partial charge in [0.25, 0.3) is 0 Å². The molecule has 0 amide bonds. The summed E-state index contributed by atoms with van der Waals surface area (Å²) in [6, 6.07) is 64.2. The zero-order valence-corrected chi connectivity index (χ0v) is 31.5. The highest BCUT2D eigenvalue weighted by molar-refractivity contribution is 6.10. The molecule has 0 unspecified atom stereocenters. The number of fused-ring (bicyclic) bond motifs is 7. The molecule has 0 aliphatic heterocycles. The molecule has 7 heteroatoms. The van der Waals surface area contributed by atoms with Crippen LogP contribution >= 0.6 is 0 Å². The molecule has 0 aliphatic rings. The number of hydrogen-bond donors (Lipinski definition) is 0. The molecule has 4 heterocycles. The Morgan fingerprint density at radius 3 is 1.80 bits per heavy atom. The van der Waals surface area contributed by atoms with Gasteiger partial charge < -0.3 is 13.4 Å². The highest BCUT2D eigenvalue weighted by atomic mass is 16.3. The molecular weight excluding hydrogens is 727 g/mol. The molecular formula is C52H31N5O2. The van der Waals surface area contributed by atoms with Gasteiger partial charge in [0.1, 0.15) is 16.7 Å². The van der Waals surface area contributed by atoms with E-state index in [0.717, 1.165) is 82.9 Å². The lowest BCUT2D eigenvalue weighted by atomic mass is 10.0. The van der Waals surface area contributed by atoms with Crippen LogP contribution in [0.15, 0.2) is 197 Å². The summed E-state index contributed by atoms with van der Waals surface area (Å²) in [5, 5.41) is 4.40. The molecule has 4 aromatic heterocycles. The van der Waals surface area contributed by atoms with E-state index >= 15 is 0 Å². The Kier molecular flexibility index (Phi) is 7.40. The first-order valence-electron chi connectivity index (χ1n) is 19.5. The fourth-order valence-electron chi connectivity index (χ4n) is 8.28. The third kappa shape index (κ3) is 5.51. The summed E-state index contributed by atoms with van der Waals surface area (Å²) >= 11 is 0. The average molecular weight is 758 g/mol. The van der Waals surface area contributed by atoms with E-state index in [4.69, 9.17) is 28.8 Å². The lowest BCUT2D eigenvalue weighted by molar-refractivity contribution is 0.620. The fraction of sp³-hybridized carbons (Fsp3) is 0. The average Bonchev–Trinajstić information content (AvgIpc) is 4.01. The van der Waals surface area contributed by atoms with E-state index in [0.29, 0.717) is 28.9 Å². The second-order valence-electron chi connectivity index (χ2n) is 14.7. The van der Waals surface area contributed by atoms with E-state index < -0.39 is 0 Å². The maximum atomic E-state index is 6.49. The van der Waals surface area contributed by atoms with E-state index in [1.807, 2.05) is 72.8 Å². The van der Waals surface area contributed by atoms with E-state index in [2.05, 4.69) is 120 Å². The van der Waals surface area contributed by atoms with E-state index in [-0.39, 0.29) is 0 Å². The van der Waals surface area contributed by atoms with Gasteiger partial charge in [0, 0.05) is 43.9 Å². The number of oxazole rings is 1. The highest BCUT2D eigenvalue weighted by Crippen LogP contribution is 2.38. The largest absolute Gasteiger partial charge is 0.456 e. The van der Waals surface area contributed by atoms with Crippen molar-refractivity contribution in [3.8, 4) is 62.4 Å². The highest BCUT2D eigenvalue weighted by Gasteiger charge is 2.20. The van der Waals surface area contributed by atoms with Gasteiger partial charge in [-0.1, -0.05) is 115 Å². The molecule has 0 aliphatic carbocycles. The van der Waals surface area contributed by atoms with Crippen molar-refractivity contribution in [2.75, 3.05) is 0 Å². The third-order valence-corrected chi connectivity index (χ3v) is 11.1. The van der Waals surface area contributed by atoms with Crippen LogP contribution in [0.1, 0.15) is 0 Å². The standard InChI is InChI=1S/C52H31N5O2/c1-4-13-32(14-5-1)34-25-28-46-42(29-34)40-27-24-36(31-47(40)58-46)50-54-49(55-51(56-50)41-20-12-21-43-48(41)59-52(53-43)33-15-6-2-7-16-33)35-23-26-39-38-19-10-11-22-44(38)57(45(39)30-35)37-17-8-3-9-18-37/h1-31H. The summed E-state index contributed by atoms with van der Waals surface area (Å²) in [6.45, 7) is 0. The third-order valence-electron chi connectivity index (χ3n) is 11.1. The van der Waals surface area contributed by atoms with Crippen molar-refractivity contribution in [3.63, 3.8) is 0 Å². The number of nitrogens with zero attached hydrogens (tertiary/aromatic N) is 5. The molecule has 0 bridgehead atoms. The van der Waals surface area contributed by atoms with Crippen molar-refractivity contribution < 1.29 is 8.83 Å². The minimum absolute atomic E-state index is 0.479. The lowest BCUT2D eigenvalue weighted by Crippen LogP contribution is -2.01. The summed E-state index contributed by atoms with van der Waals surface area (Å²) in [5.41, 5.74) is 11.7. The predicted octanol–water partition coefficient (Wildman–Crippen LogP) is 13.3. The Bertz CT molecular complexity index is 3550. The van der Waals surface area contributed by atoms with Crippen LogP contribution < -0.4 is 0 Å². The first-order valence-corrected chi connectivity index (χ1v) is 19.5. The number of aromatic nitrogens is 5. The summed E-state index contributed by atoms with van der Waals surface area (Å²) in [5.74, 6) is 2.06. The number of rotatable bonds is 6. The molecule has 12 aromatic rings. The van der Waals surface area contributed by atoms with Crippen molar-refractivity contribution in [1.82, 2.24) is 24.5 Å². The molecule has 7 nitrogen and oxygen atoms in total. The number of para-hydroxylation sites is 3. The Hall–Kier alpha value is -8.16. The summed E-state index contributed by atoms with van der Waals surface area (Å²) in [7, 11) is 0. The maximum Gasteiger partial charge on any atom is 0.227 e. The van der Waals surface area contributed by atoms with Gasteiger partial charge in [0.15, 0.2) is 23.1 Å². The van der Waals surface area contributed by atoms with Gasteiger partial charge >= 0.3 is 0 Å². The fourth-order valence-corrected chi connectivity index (χ4v) is 8.28. The van der Waals surface area contributed by atoms with Crippen LogP contribution in [0, 0.1) is 0 Å². The van der Waals surface area contributed by atoms with E-state index in [1.165, 1.54) is 5.39 Å². The van der Waals surface area contributed by atoms with Crippen LogP contribution in [0.3, 0.4) is 0 Å². The summed E-state index contributed by atoms with van der Waals surface area (Å²) in [6.07, 6.45) is 0. The minimum Gasteiger partial charge on any atom is -0.456 e. The molecule has 59 heavy (non-hydrogen) atoms. The summed E-state index contributed by atoms with van der Waals surface area (Å²) in [4.78, 5) is 20.4. The molecule has 0 saturated heterocycles. The van der Waals surface area contributed by atoms with Crippen LogP contribution in [0.5, 0.6) is 0 Å². The SMILES string of the molecule is c1ccc(-c2ccc3oc4cc(-c5nc(-c6ccc7c8ccccc8n(-c8ccccc8)c7c6)nc(-c6cccc7nc(-c8ccccc8)oc67)n5)ccc4c3c2)cc1. The van der Waals surface area contributed by atoms with Crippen molar-refractivity contribution in [2.45, 2.75) is 0 Å². The van der Waals surface area contributed by atoms with Crippen LogP contribution in [0.25, 0.3) is 117 Å². The van der Waals surface area contributed by atoms with Crippen molar-refractivity contribution in [2.24, 2.45) is 0 Å². The summed E-state index contributed by atoms with van der Waals surface area (Å²) < 4.78 is 15.3. The lowest BCUT2D eigenvalue weighted by Gasteiger charge is -2.10. The number of hydrogen-bond acceptors (Lipinski definition) is 6. The van der Waals surface area contributed by atoms with E-state index in [9.17, 15) is 0 Å². The van der Waals surface area contributed by atoms with Gasteiger partial charge in [-0.25, -0.2) is 19.9 Å². The Morgan fingerprint density at radius 2 is 1.00 bits per heavy atom. The molecule has 8 aromatic carbocycles. The molecule has 0 atom stereocenters. The smallest absolute Gasteiger partial charge is 0.227 e. The van der Waals surface area contributed by atoms with Gasteiger partial charge in [-0.2, -0.15) is 0 Å². The van der Waals surface area contributed by atoms with Gasteiger partial charge in [-0.3, -0.25) is 0 Å². The second kappa shape index (κ2) is 13.2. The molecule has 276 valence electrons. The topological polar surface area (TPSA) is 82.8 Å². The first kappa shape index (κ1) is 33.0. The minimum atomic E-state index is 0.479. The predicted molar refractivity (Wildman–Crippen MR) is 236 cm³/mol. The van der Waals surface area contributed by atoms with Crippen LogP contribution in [-0.2, 0) is 0 Å². The Morgan fingerprint density at radius 1 is 0.356 bits per heavy atom.